The van der Waals surface area contributed by atoms with Crippen molar-refractivity contribution in [2.45, 2.75) is 13.3 Å². The summed E-state index contributed by atoms with van der Waals surface area (Å²) in [6.07, 6.45) is 0.886. The third-order valence-electron chi connectivity index (χ3n) is 2.10. The van der Waals surface area contributed by atoms with Crippen LogP contribution in [0.25, 0.3) is 0 Å². The van der Waals surface area contributed by atoms with Gasteiger partial charge in [0.25, 0.3) is 5.91 Å². The number of phenols is 1. The van der Waals surface area contributed by atoms with Crippen LogP contribution in [0.2, 0.25) is 5.02 Å². The molecular weight excluding hydrogens is 214 g/mol. The van der Waals surface area contributed by atoms with Gasteiger partial charge in [0.2, 0.25) is 0 Å². The Morgan fingerprint density at radius 3 is 2.73 bits per heavy atom. The first-order chi connectivity index (χ1) is 7.06. The van der Waals surface area contributed by atoms with E-state index in [9.17, 15) is 9.90 Å². The van der Waals surface area contributed by atoms with Gasteiger partial charge in [-0.15, -0.1) is 0 Å². The molecule has 0 aliphatic carbocycles. The minimum absolute atomic E-state index is 0.0737. The zero-order chi connectivity index (χ0) is 11.4. The molecule has 0 saturated heterocycles. The zero-order valence-corrected chi connectivity index (χ0v) is 9.58. The van der Waals surface area contributed by atoms with Crippen LogP contribution >= 0.6 is 11.6 Å². The third-order valence-corrected chi connectivity index (χ3v) is 2.33. The second-order valence-electron chi connectivity index (χ2n) is 3.39. The Kier molecular flexibility index (Phi) is 3.97. The van der Waals surface area contributed by atoms with Gasteiger partial charge in [0.05, 0.1) is 5.56 Å². The summed E-state index contributed by atoms with van der Waals surface area (Å²) in [5.41, 5.74) is 0.287. The fourth-order valence-corrected chi connectivity index (χ4v) is 1.49. The molecule has 1 rings (SSSR count). The van der Waals surface area contributed by atoms with E-state index in [0.717, 1.165) is 6.42 Å². The fourth-order valence-electron chi connectivity index (χ4n) is 1.33. The Bertz CT molecular complexity index is 366. The minimum Gasteiger partial charge on any atom is -0.507 e. The molecule has 3 nitrogen and oxygen atoms in total. The van der Waals surface area contributed by atoms with Crippen molar-refractivity contribution in [3.63, 3.8) is 0 Å². The maximum atomic E-state index is 11.8. The third kappa shape index (κ3) is 2.86. The predicted octanol–water partition coefficient (Wildman–Crippen LogP) is 2.53. The molecular formula is C11H14ClNO2. The number of hydrogen-bond acceptors (Lipinski definition) is 2. The monoisotopic (exact) mass is 227 g/mol. The molecule has 0 unspecified atom stereocenters. The first kappa shape index (κ1) is 11.9. The lowest BCUT2D eigenvalue weighted by molar-refractivity contribution is 0.0792. The van der Waals surface area contributed by atoms with Gasteiger partial charge in [-0.2, -0.15) is 0 Å². The molecule has 0 aliphatic rings. The van der Waals surface area contributed by atoms with E-state index in [1.165, 1.54) is 12.1 Å². The van der Waals surface area contributed by atoms with Crippen molar-refractivity contribution in [3.8, 4) is 5.75 Å². The first-order valence-corrected chi connectivity index (χ1v) is 5.18. The number of phenolic OH excluding ortho intramolecular Hbond substituents is 1. The lowest BCUT2D eigenvalue weighted by atomic mass is 10.2. The standard InChI is InChI=1S/C11H14ClNO2/c1-3-6-13(2)11(15)9-5-4-8(12)7-10(9)14/h4-5,7,14H,3,6H2,1-2H3. The molecule has 0 bridgehead atoms. The normalized spacial score (nSPS) is 10.1. The van der Waals surface area contributed by atoms with Gasteiger partial charge < -0.3 is 10.0 Å². The largest absolute Gasteiger partial charge is 0.507 e. The van der Waals surface area contributed by atoms with Gasteiger partial charge in [0.15, 0.2) is 0 Å². The summed E-state index contributed by atoms with van der Waals surface area (Å²) in [6.45, 7) is 2.66. The van der Waals surface area contributed by atoms with Crippen LogP contribution in [0.1, 0.15) is 23.7 Å². The Morgan fingerprint density at radius 2 is 2.20 bits per heavy atom. The molecule has 1 aromatic rings. The summed E-state index contributed by atoms with van der Waals surface area (Å²) in [7, 11) is 1.71. The highest BCUT2D eigenvalue weighted by molar-refractivity contribution is 6.30. The van der Waals surface area contributed by atoms with Gasteiger partial charge in [-0.25, -0.2) is 0 Å². The second kappa shape index (κ2) is 5.03. The number of carbonyl (C=O) groups excluding carboxylic acids is 1. The van der Waals surface area contributed by atoms with Gasteiger partial charge in [0.1, 0.15) is 5.75 Å². The highest BCUT2D eigenvalue weighted by Gasteiger charge is 2.14. The summed E-state index contributed by atoms with van der Waals surface area (Å²) in [5.74, 6) is -0.263. The van der Waals surface area contributed by atoms with Crippen LogP contribution in [-0.2, 0) is 0 Å². The SMILES string of the molecule is CCCN(C)C(=O)c1ccc(Cl)cc1O. The van der Waals surface area contributed by atoms with Gasteiger partial charge >= 0.3 is 0 Å². The molecule has 1 aromatic carbocycles. The first-order valence-electron chi connectivity index (χ1n) is 4.80. The highest BCUT2D eigenvalue weighted by Crippen LogP contribution is 2.22. The van der Waals surface area contributed by atoms with E-state index < -0.39 is 0 Å². The van der Waals surface area contributed by atoms with Crippen molar-refractivity contribution >= 4 is 17.5 Å². The Labute approximate surface area is 94.3 Å². The second-order valence-corrected chi connectivity index (χ2v) is 3.82. The summed E-state index contributed by atoms with van der Waals surface area (Å²) in [5, 5.41) is 9.97. The molecule has 1 amide bonds. The maximum absolute atomic E-state index is 11.8. The van der Waals surface area contributed by atoms with Crippen molar-refractivity contribution in [2.24, 2.45) is 0 Å². The minimum atomic E-state index is -0.189. The predicted molar refractivity (Wildman–Crippen MR) is 60.4 cm³/mol. The number of rotatable bonds is 3. The molecule has 0 spiro atoms. The molecule has 0 saturated carbocycles. The van der Waals surface area contributed by atoms with Crippen LogP contribution in [0.4, 0.5) is 0 Å². The zero-order valence-electron chi connectivity index (χ0n) is 8.83. The van der Waals surface area contributed by atoms with E-state index in [-0.39, 0.29) is 17.2 Å². The van der Waals surface area contributed by atoms with E-state index in [4.69, 9.17) is 11.6 Å². The van der Waals surface area contributed by atoms with Gasteiger partial charge in [-0.05, 0) is 24.6 Å². The van der Waals surface area contributed by atoms with Gasteiger partial charge in [-0.3, -0.25) is 4.79 Å². The van der Waals surface area contributed by atoms with Crippen molar-refractivity contribution in [1.82, 2.24) is 4.90 Å². The number of nitrogens with zero attached hydrogens (tertiary/aromatic N) is 1. The highest BCUT2D eigenvalue weighted by atomic mass is 35.5. The Morgan fingerprint density at radius 1 is 1.53 bits per heavy atom. The van der Waals surface area contributed by atoms with E-state index >= 15 is 0 Å². The summed E-state index contributed by atoms with van der Waals surface area (Å²) in [6, 6.07) is 4.50. The van der Waals surface area contributed by atoms with Crippen molar-refractivity contribution in [2.75, 3.05) is 13.6 Å². The molecule has 0 heterocycles. The molecule has 0 radical (unpaired) electrons. The molecule has 4 heteroatoms. The molecule has 0 fully saturated rings. The van der Waals surface area contributed by atoms with Crippen LogP contribution in [-0.4, -0.2) is 29.5 Å². The van der Waals surface area contributed by atoms with E-state index in [1.807, 2.05) is 6.92 Å². The molecule has 1 N–H and O–H groups in total. The maximum Gasteiger partial charge on any atom is 0.257 e. The van der Waals surface area contributed by atoms with E-state index in [0.29, 0.717) is 11.6 Å². The molecule has 82 valence electrons. The van der Waals surface area contributed by atoms with Gasteiger partial charge in [-0.1, -0.05) is 18.5 Å². The summed E-state index contributed by atoms with van der Waals surface area (Å²) >= 11 is 5.68. The quantitative estimate of drug-likeness (QED) is 0.862. The smallest absolute Gasteiger partial charge is 0.257 e. The number of hydrogen-bond donors (Lipinski definition) is 1. The van der Waals surface area contributed by atoms with Crippen LogP contribution in [0.3, 0.4) is 0 Å². The topological polar surface area (TPSA) is 40.5 Å². The van der Waals surface area contributed by atoms with Gasteiger partial charge in [0, 0.05) is 18.6 Å². The van der Waals surface area contributed by atoms with Crippen molar-refractivity contribution in [1.29, 1.82) is 0 Å². The number of amides is 1. The number of aromatic hydroxyl groups is 1. The van der Waals surface area contributed by atoms with Crippen LogP contribution in [0, 0.1) is 0 Å². The molecule has 0 aromatic heterocycles. The lowest BCUT2D eigenvalue weighted by Gasteiger charge is -2.16. The molecule has 15 heavy (non-hydrogen) atoms. The van der Waals surface area contributed by atoms with Crippen LogP contribution in [0.5, 0.6) is 5.75 Å². The molecule has 0 atom stereocenters. The number of halogens is 1. The van der Waals surface area contributed by atoms with Crippen LogP contribution in [0.15, 0.2) is 18.2 Å². The average molecular weight is 228 g/mol. The number of carbonyl (C=O) groups is 1. The average Bonchev–Trinajstić information content (AvgIpc) is 2.17. The van der Waals surface area contributed by atoms with Crippen LogP contribution < -0.4 is 0 Å². The van der Waals surface area contributed by atoms with Crippen molar-refractivity contribution < 1.29 is 9.90 Å². The number of benzene rings is 1. The van der Waals surface area contributed by atoms with Crippen molar-refractivity contribution in [3.05, 3.63) is 28.8 Å². The Hall–Kier alpha value is -1.22. The lowest BCUT2D eigenvalue weighted by Crippen LogP contribution is -2.27. The Balaban J connectivity index is 2.91. The summed E-state index contributed by atoms with van der Waals surface area (Å²) in [4.78, 5) is 13.4. The van der Waals surface area contributed by atoms with E-state index in [2.05, 4.69) is 0 Å². The molecule has 0 aliphatic heterocycles. The fraction of sp³-hybridized carbons (Fsp3) is 0.364. The summed E-state index contributed by atoms with van der Waals surface area (Å²) < 4.78 is 0. The van der Waals surface area contributed by atoms with E-state index in [1.54, 1.807) is 18.0 Å².